The summed E-state index contributed by atoms with van der Waals surface area (Å²) in [5, 5.41) is 12.3. The number of ether oxygens (including phenoxy) is 1. The molecular weight excluding hydrogens is 246 g/mol. The zero-order valence-corrected chi connectivity index (χ0v) is 10.5. The second-order valence-electron chi connectivity index (χ2n) is 3.96. The summed E-state index contributed by atoms with van der Waals surface area (Å²) in [5.41, 5.74) is 2.87. The molecule has 3 N–H and O–H groups in total. The number of rotatable bonds is 5. The lowest BCUT2D eigenvalue weighted by Crippen LogP contribution is -2.03. The predicted molar refractivity (Wildman–Crippen MR) is 69.6 cm³/mol. The van der Waals surface area contributed by atoms with Gasteiger partial charge in [-0.3, -0.25) is 4.98 Å². The molecule has 0 radical (unpaired) electrons. The maximum atomic E-state index is 11.3. The Balaban J connectivity index is 2.02. The number of carbonyl (C=O) groups excluding carboxylic acids is 1. The summed E-state index contributed by atoms with van der Waals surface area (Å²) < 4.78 is 4.62. The van der Waals surface area contributed by atoms with Crippen LogP contribution in [0.2, 0.25) is 0 Å². The van der Waals surface area contributed by atoms with Crippen LogP contribution in [0, 0.1) is 0 Å². The molecule has 0 aliphatic carbocycles. The summed E-state index contributed by atoms with van der Waals surface area (Å²) in [5.74, 6) is -0.399. The maximum absolute atomic E-state index is 11.3. The minimum Gasteiger partial charge on any atom is -0.464 e. The van der Waals surface area contributed by atoms with E-state index in [0.717, 1.165) is 16.8 Å². The van der Waals surface area contributed by atoms with Gasteiger partial charge in [0.15, 0.2) is 0 Å². The Morgan fingerprint density at radius 1 is 1.58 bits per heavy atom. The summed E-state index contributed by atoms with van der Waals surface area (Å²) in [6.07, 6.45) is 5.01. The number of hydrogen-bond acceptors (Lipinski definition) is 5. The molecule has 2 aromatic heterocycles. The molecule has 0 bridgehead atoms. The van der Waals surface area contributed by atoms with E-state index in [2.05, 4.69) is 20.0 Å². The van der Waals surface area contributed by atoms with Crippen LogP contribution in [0.4, 0.5) is 5.69 Å². The third-order valence-electron chi connectivity index (χ3n) is 2.71. The van der Waals surface area contributed by atoms with Crippen molar-refractivity contribution in [2.45, 2.75) is 13.2 Å². The van der Waals surface area contributed by atoms with Gasteiger partial charge in [-0.2, -0.15) is 0 Å². The van der Waals surface area contributed by atoms with Crippen LogP contribution < -0.4 is 5.32 Å². The van der Waals surface area contributed by atoms with E-state index in [4.69, 9.17) is 0 Å². The zero-order valence-electron chi connectivity index (χ0n) is 10.5. The molecule has 0 fully saturated rings. The minimum atomic E-state index is -0.399. The Bertz CT molecular complexity index is 566. The quantitative estimate of drug-likeness (QED) is 0.706. The van der Waals surface area contributed by atoms with Gasteiger partial charge in [-0.15, -0.1) is 0 Å². The standard InChI is InChI=1S/C13H15N3O3/c1-19-13(18)11-4-9(5-15-11)6-16-12-7-14-3-2-10(12)8-17/h2-5,7,15-17H,6,8H2,1H3. The summed E-state index contributed by atoms with van der Waals surface area (Å²) in [4.78, 5) is 18.1. The Kier molecular flexibility index (Phi) is 4.15. The normalized spacial score (nSPS) is 10.2. The van der Waals surface area contributed by atoms with Crippen molar-refractivity contribution >= 4 is 11.7 Å². The first kappa shape index (κ1) is 13.1. The monoisotopic (exact) mass is 261 g/mol. The SMILES string of the molecule is COC(=O)c1cc(CNc2cnccc2CO)c[nH]1. The molecule has 0 unspecified atom stereocenters. The lowest BCUT2D eigenvalue weighted by molar-refractivity contribution is 0.0595. The van der Waals surface area contributed by atoms with Crippen molar-refractivity contribution in [3.05, 3.63) is 47.5 Å². The van der Waals surface area contributed by atoms with E-state index in [9.17, 15) is 9.90 Å². The number of methoxy groups -OCH3 is 1. The van der Waals surface area contributed by atoms with Gasteiger partial charge in [0.05, 0.1) is 25.6 Å². The molecule has 6 nitrogen and oxygen atoms in total. The molecule has 0 aliphatic heterocycles. The van der Waals surface area contributed by atoms with E-state index >= 15 is 0 Å². The largest absolute Gasteiger partial charge is 0.464 e. The fourth-order valence-corrected chi connectivity index (χ4v) is 1.69. The number of H-pyrrole nitrogens is 1. The van der Waals surface area contributed by atoms with Gasteiger partial charge < -0.3 is 20.1 Å². The number of aromatic nitrogens is 2. The highest BCUT2D eigenvalue weighted by molar-refractivity contribution is 5.87. The number of esters is 1. The maximum Gasteiger partial charge on any atom is 0.354 e. The molecule has 0 aliphatic rings. The van der Waals surface area contributed by atoms with E-state index < -0.39 is 5.97 Å². The van der Waals surface area contributed by atoms with Gasteiger partial charge in [0, 0.05) is 24.5 Å². The third-order valence-corrected chi connectivity index (χ3v) is 2.71. The molecule has 0 aromatic carbocycles. The number of anilines is 1. The van der Waals surface area contributed by atoms with Gasteiger partial charge in [0.1, 0.15) is 5.69 Å². The van der Waals surface area contributed by atoms with Crippen LogP contribution in [0.3, 0.4) is 0 Å². The van der Waals surface area contributed by atoms with E-state index in [1.54, 1.807) is 30.7 Å². The lowest BCUT2D eigenvalue weighted by Gasteiger charge is -2.08. The van der Waals surface area contributed by atoms with Crippen molar-refractivity contribution in [3.63, 3.8) is 0 Å². The van der Waals surface area contributed by atoms with Crippen LogP contribution in [0.15, 0.2) is 30.7 Å². The molecule has 2 aromatic rings. The first-order chi connectivity index (χ1) is 9.24. The van der Waals surface area contributed by atoms with E-state index in [0.29, 0.717) is 12.2 Å². The average molecular weight is 261 g/mol. The number of nitrogens with zero attached hydrogens (tertiary/aromatic N) is 1. The van der Waals surface area contributed by atoms with Gasteiger partial charge in [-0.05, 0) is 17.7 Å². The van der Waals surface area contributed by atoms with E-state index in [-0.39, 0.29) is 6.61 Å². The molecular formula is C13H15N3O3. The van der Waals surface area contributed by atoms with Crippen LogP contribution in [-0.4, -0.2) is 28.2 Å². The lowest BCUT2D eigenvalue weighted by atomic mass is 10.2. The Hall–Kier alpha value is -2.34. The Labute approximate surface area is 110 Å². The number of hydrogen-bond donors (Lipinski definition) is 3. The first-order valence-electron chi connectivity index (χ1n) is 5.78. The molecule has 0 saturated heterocycles. The topological polar surface area (TPSA) is 87.2 Å². The molecule has 100 valence electrons. The van der Waals surface area contributed by atoms with Crippen molar-refractivity contribution in [2.75, 3.05) is 12.4 Å². The summed E-state index contributed by atoms with van der Waals surface area (Å²) in [6, 6.07) is 3.47. The summed E-state index contributed by atoms with van der Waals surface area (Å²) in [7, 11) is 1.34. The second kappa shape index (κ2) is 6.01. The smallest absolute Gasteiger partial charge is 0.354 e. The van der Waals surface area contributed by atoms with Crippen LogP contribution in [0.5, 0.6) is 0 Å². The highest BCUT2D eigenvalue weighted by Gasteiger charge is 2.08. The minimum absolute atomic E-state index is 0.0502. The molecule has 19 heavy (non-hydrogen) atoms. The molecule has 2 heterocycles. The highest BCUT2D eigenvalue weighted by Crippen LogP contribution is 2.15. The zero-order chi connectivity index (χ0) is 13.7. The van der Waals surface area contributed by atoms with E-state index in [1.807, 2.05) is 0 Å². The van der Waals surface area contributed by atoms with Gasteiger partial charge in [-0.25, -0.2) is 4.79 Å². The van der Waals surface area contributed by atoms with Crippen molar-refractivity contribution in [3.8, 4) is 0 Å². The van der Waals surface area contributed by atoms with Crippen molar-refractivity contribution in [2.24, 2.45) is 0 Å². The number of aromatic amines is 1. The van der Waals surface area contributed by atoms with Gasteiger partial charge in [0.2, 0.25) is 0 Å². The Morgan fingerprint density at radius 2 is 2.42 bits per heavy atom. The van der Waals surface area contributed by atoms with Gasteiger partial charge >= 0.3 is 5.97 Å². The van der Waals surface area contributed by atoms with Crippen LogP contribution in [-0.2, 0) is 17.9 Å². The predicted octanol–water partition coefficient (Wildman–Crippen LogP) is 1.30. The van der Waals surface area contributed by atoms with Crippen molar-refractivity contribution in [1.82, 2.24) is 9.97 Å². The summed E-state index contributed by atoms with van der Waals surface area (Å²) in [6.45, 7) is 0.470. The van der Waals surface area contributed by atoms with Gasteiger partial charge in [-0.1, -0.05) is 0 Å². The number of carbonyl (C=O) groups is 1. The fraction of sp³-hybridized carbons (Fsp3) is 0.231. The van der Waals surface area contributed by atoms with Crippen LogP contribution >= 0.6 is 0 Å². The fourth-order valence-electron chi connectivity index (χ4n) is 1.69. The van der Waals surface area contributed by atoms with Crippen LogP contribution in [0.25, 0.3) is 0 Å². The van der Waals surface area contributed by atoms with Crippen molar-refractivity contribution in [1.29, 1.82) is 0 Å². The number of nitrogens with one attached hydrogen (secondary N) is 2. The first-order valence-corrected chi connectivity index (χ1v) is 5.78. The molecule has 0 atom stereocenters. The Morgan fingerprint density at radius 3 is 3.16 bits per heavy atom. The second-order valence-corrected chi connectivity index (χ2v) is 3.96. The van der Waals surface area contributed by atoms with Crippen molar-refractivity contribution < 1.29 is 14.6 Å². The molecule has 2 rings (SSSR count). The number of aliphatic hydroxyl groups excluding tert-OH is 1. The van der Waals surface area contributed by atoms with E-state index in [1.165, 1.54) is 7.11 Å². The molecule has 0 amide bonds. The van der Waals surface area contributed by atoms with Gasteiger partial charge in [0.25, 0.3) is 0 Å². The van der Waals surface area contributed by atoms with Crippen LogP contribution in [0.1, 0.15) is 21.6 Å². The summed E-state index contributed by atoms with van der Waals surface area (Å²) >= 11 is 0. The molecule has 0 spiro atoms. The highest BCUT2D eigenvalue weighted by atomic mass is 16.5. The third kappa shape index (κ3) is 3.11. The number of pyridine rings is 1. The molecule has 6 heteroatoms. The number of aliphatic hydroxyl groups is 1. The average Bonchev–Trinajstić information content (AvgIpc) is 2.93. The molecule has 0 saturated carbocycles.